The smallest absolute Gasteiger partial charge is 0.406 e. The van der Waals surface area contributed by atoms with Crippen molar-refractivity contribution in [1.29, 1.82) is 0 Å². The second kappa shape index (κ2) is 6.46. The molecule has 0 aromatic carbocycles. The van der Waals surface area contributed by atoms with E-state index in [-0.39, 0.29) is 18.2 Å². The number of aromatic nitrogens is 2. The number of rotatable bonds is 6. The van der Waals surface area contributed by atoms with E-state index in [1.54, 1.807) is 18.3 Å². The molecule has 0 unspecified atom stereocenters. The number of ether oxygens (including phenoxy) is 1. The fraction of sp³-hybridized carbons (Fsp3) is 0.231. The Morgan fingerprint density at radius 1 is 1.30 bits per heavy atom. The SMILES string of the molecule is CCNc1ncccc1COc1cccnc1[N+](=O)[O-]. The van der Waals surface area contributed by atoms with Gasteiger partial charge < -0.3 is 20.2 Å². The molecule has 2 heterocycles. The molecule has 0 aliphatic rings. The van der Waals surface area contributed by atoms with Crippen molar-refractivity contribution >= 4 is 11.6 Å². The summed E-state index contributed by atoms with van der Waals surface area (Å²) in [6, 6.07) is 6.76. The molecular weight excluding hydrogens is 260 g/mol. The fourth-order valence-electron chi connectivity index (χ4n) is 1.67. The number of hydrogen-bond donors (Lipinski definition) is 1. The lowest BCUT2D eigenvalue weighted by molar-refractivity contribution is -0.390. The van der Waals surface area contributed by atoms with Crippen LogP contribution in [0.15, 0.2) is 36.7 Å². The Balaban J connectivity index is 2.15. The highest BCUT2D eigenvalue weighted by Crippen LogP contribution is 2.24. The molecule has 0 spiro atoms. The summed E-state index contributed by atoms with van der Waals surface area (Å²) in [6.07, 6.45) is 3.03. The zero-order valence-corrected chi connectivity index (χ0v) is 10.9. The van der Waals surface area contributed by atoms with Crippen LogP contribution in [0.2, 0.25) is 0 Å². The van der Waals surface area contributed by atoms with Gasteiger partial charge in [-0.2, -0.15) is 0 Å². The van der Waals surface area contributed by atoms with Crippen LogP contribution in [0, 0.1) is 10.1 Å². The highest BCUT2D eigenvalue weighted by Gasteiger charge is 2.16. The van der Waals surface area contributed by atoms with Crippen LogP contribution in [0.4, 0.5) is 11.6 Å². The van der Waals surface area contributed by atoms with Gasteiger partial charge in [-0.1, -0.05) is 6.07 Å². The molecule has 0 aliphatic carbocycles. The molecule has 1 N–H and O–H groups in total. The molecule has 0 aliphatic heterocycles. The minimum atomic E-state index is -0.566. The van der Waals surface area contributed by atoms with Crippen LogP contribution in [-0.4, -0.2) is 21.4 Å². The molecule has 7 heteroatoms. The minimum absolute atomic E-state index is 0.142. The van der Waals surface area contributed by atoms with E-state index in [1.807, 2.05) is 13.0 Å². The summed E-state index contributed by atoms with van der Waals surface area (Å²) < 4.78 is 5.49. The van der Waals surface area contributed by atoms with Crippen LogP contribution < -0.4 is 10.1 Å². The van der Waals surface area contributed by atoms with Gasteiger partial charge in [0, 0.05) is 18.3 Å². The summed E-state index contributed by atoms with van der Waals surface area (Å²) in [5, 5.41) is 14.0. The van der Waals surface area contributed by atoms with Crippen LogP contribution in [0.1, 0.15) is 12.5 Å². The number of nitro groups is 1. The van der Waals surface area contributed by atoms with E-state index in [2.05, 4.69) is 15.3 Å². The molecule has 0 radical (unpaired) electrons. The number of hydrogen-bond acceptors (Lipinski definition) is 6. The molecular formula is C13H14N4O3. The van der Waals surface area contributed by atoms with Gasteiger partial charge in [0.15, 0.2) is 0 Å². The Kier molecular flexibility index (Phi) is 4.43. The van der Waals surface area contributed by atoms with Crippen molar-refractivity contribution < 1.29 is 9.66 Å². The summed E-state index contributed by atoms with van der Waals surface area (Å²) in [7, 11) is 0. The third kappa shape index (κ3) is 3.19. The van der Waals surface area contributed by atoms with Crippen molar-refractivity contribution in [3.8, 4) is 5.75 Å². The normalized spacial score (nSPS) is 10.1. The number of nitrogens with one attached hydrogen (secondary N) is 1. The molecule has 104 valence electrons. The third-order valence-electron chi connectivity index (χ3n) is 2.54. The lowest BCUT2D eigenvalue weighted by atomic mass is 10.2. The summed E-state index contributed by atoms with van der Waals surface area (Å²) >= 11 is 0. The highest BCUT2D eigenvalue weighted by molar-refractivity contribution is 5.44. The van der Waals surface area contributed by atoms with E-state index in [9.17, 15) is 10.1 Å². The van der Waals surface area contributed by atoms with Crippen LogP contribution in [0.5, 0.6) is 5.75 Å². The Morgan fingerprint density at radius 2 is 2.05 bits per heavy atom. The quantitative estimate of drug-likeness (QED) is 0.642. The molecule has 20 heavy (non-hydrogen) atoms. The van der Waals surface area contributed by atoms with Crippen molar-refractivity contribution in [1.82, 2.24) is 9.97 Å². The second-order valence-corrected chi connectivity index (χ2v) is 3.91. The van der Waals surface area contributed by atoms with Crippen LogP contribution >= 0.6 is 0 Å². The lowest BCUT2D eigenvalue weighted by Gasteiger charge is -2.10. The molecule has 2 aromatic rings. The van der Waals surface area contributed by atoms with Gasteiger partial charge in [0.1, 0.15) is 18.6 Å². The zero-order chi connectivity index (χ0) is 14.4. The predicted octanol–water partition coefficient (Wildman–Crippen LogP) is 2.40. The van der Waals surface area contributed by atoms with E-state index in [4.69, 9.17) is 4.74 Å². The monoisotopic (exact) mass is 274 g/mol. The summed E-state index contributed by atoms with van der Waals surface area (Å²) in [5.74, 6) is 0.562. The van der Waals surface area contributed by atoms with Gasteiger partial charge >= 0.3 is 5.82 Å². The maximum atomic E-state index is 10.8. The van der Waals surface area contributed by atoms with E-state index >= 15 is 0 Å². The third-order valence-corrected chi connectivity index (χ3v) is 2.54. The first kappa shape index (κ1) is 13.7. The van der Waals surface area contributed by atoms with Gasteiger partial charge in [-0.05, 0) is 35.0 Å². The first-order valence-electron chi connectivity index (χ1n) is 6.12. The lowest BCUT2D eigenvalue weighted by Crippen LogP contribution is -2.06. The maximum absolute atomic E-state index is 10.8. The molecule has 2 rings (SSSR count). The fourth-order valence-corrected chi connectivity index (χ4v) is 1.67. The van der Waals surface area contributed by atoms with Gasteiger partial charge in [-0.15, -0.1) is 0 Å². The Labute approximate surface area is 115 Å². The maximum Gasteiger partial charge on any atom is 0.406 e. The van der Waals surface area contributed by atoms with Crippen LogP contribution in [0.25, 0.3) is 0 Å². The molecule has 0 atom stereocenters. The van der Waals surface area contributed by atoms with Crippen LogP contribution in [-0.2, 0) is 6.61 Å². The zero-order valence-electron chi connectivity index (χ0n) is 10.9. The number of pyridine rings is 2. The topological polar surface area (TPSA) is 90.2 Å². The van der Waals surface area contributed by atoms with Gasteiger partial charge in [0.2, 0.25) is 5.75 Å². The minimum Gasteiger partial charge on any atom is -0.481 e. The van der Waals surface area contributed by atoms with E-state index in [1.165, 1.54) is 12.3 Å². The molecule has 0 fully saturated rings. The van der Waals surface area contributed by atoms with Gasteiger partial charge in [-0.3, -0.25) is 0 Å². The Morgan fingerprint density at radius 3 is 2.80 bits per heavy atom. The molecule has 7 nitrogen and oxygen atoms in total. The summed E-state index contributed by atoms with van der Waals surface area (Å²) in [5.41, 5.74) is 0.826. The van der Waals surface area contributed by atoms with Gasteiger partial charge in [-0.25, -0.2) is 4.98 Å². The average molecular weight is 274 g/mol. The van der Waals surface area contributed by atoms with Gasteiger partial charge in [0.25, 0.3) is 0 Å². The first-order chi connectivity index (χ1) is 9.72. The van der Waals surface area contributed by atoms with E-state index in [0.29, 0.717) is 5.82 Å². The molecule has 0 saturated heterocycles. The Bertz CT molecular complexity index is 604. The highest BCUT2D eigenvalue weighted by atomic mass is 16.6. The molecule has 0 bridgehead atoms. The molecule has 0 saturated carbocycles. The van der Waals surface area contributed by atoms with Crippen molar-refractivity contribution in [3.63, 3.8) is 0 Å². The Hall–Kier alpha value is -2.70. The van der Waals surface area contributed by atoms with Crippen LogP contribution in [0.3, 0.4) is 0 Å². The number of anilines is 1. The van der Waals surface area contributed by atoms with Crippen molar-refractivity contribution in [2.75, 3.05) is 11.9 Å². The molecule has 2 aromatic heterocycles. The largest absolute Gasteiger partial charge is 0.481 e. The number of nitrogens with zero attached hydrogens (tertiary/aromatic N) is 3. The average Bonchev–Trinajstić information content (AvgIpc) is 2.47. The van der Waals surface area contributed by atoms with Crippen molar-refractivity contribution in [3.05, 3.63) is 52.3 Å². The second-order valence-electron chi connectivity index (χ2n) is 3.91. The molecule has 0 amide bonds. The first-order valence-corrected chi connectivity index (χ1v) is 6.12. The standard InChI is InChI=1S/C13H14N4O3/c1-2-14-12-10(5-3-7-15-12)9-20-11-6-4-8-16-13(11)17(18)19/h3-8H,2,9H2,1H3,(H,14,15). The summed E-state index contributed by atoms with van der Waals surface area (Å²) in [6.45, 7) is 2.88. The van der Waals surface area contributed by atoms with E-state index < -0.39 is 4.92 Å². The van der Waals surface area contributed by atoms with Gasteiger partial charge in [0.05, 0.1) is 0 Å². The summed E-state index contributed by atoms with van der Waals surface area (Å²) in [4.78, 5) is 18.2. The predicted molar refractivity (Wildman–Crippen MR) is 73.6 cm³/mol. The van der Waals surface area contributed by atoms with Crippen molar-refractivity contribution in [2.45, 2.75) is 13.5 Å². The van der Waals surface area contributed by atoms with E-state index in [0.717, 1.165) is 12.1 Å². The van der Waals surface area contributed by atoms with Crippen molar-refractivity contribution in [2.24, 2.45) is 0 Å².